The fourth-order valence-electron chi connectivity index (χ4n) is 3.61. The molecule has 1 amide bonds. The SMILES string of the molecule is CCN1C(=O)/C(=c2/sc3nc(-c4cccc(C)c4)nn3c2=O)c2ccccc21. The van der Waals surface area contributed by atoms with Gasteiger partial charge in [0.2, 0.25) is 4.96 Å². The lowest BCUT2D eigenvalue weighted by molar-refractivity contribution is -0.113. The topological polar surface area (TPSA) is 67.6 Å². The minimum Gasteiger partial charge on any atom is -0.308 e. The van der Waals surface area contributed by atoms with Crippen molar-refractivity contribution in [3.63, 3.8) is 0 Å². The molecule has 0 fully saturated rings. The van der Waals surface area contributed by atoms with Crippen LogP contribution in [0.1, 0.15) is 18.1 Å². The summed E-state index contributed by atoms with van der Waals surface area (Å²) in [5, 5.41) is 4.40. The summed E-state index contributed by atoms with van der Waals surface area (Å²) in [4.78, 5) is 32.7. The number of benzene rings is 2. The highest BCUT2D eigenvalue weighted by atomic mass is 32.1. The number of amides is 1. The van der Waals surface area contributed by atoms with Gasteiger partial charge in [0.1, 0.15) is 4.53 Å². The fraction of sp³-hybridized carbons (Fsp3) is 0.143. The molecule has 4 aromatic rings. The van der Waals surface area contributed by atoms with Crippen molar-refractivity contribution >= 4 is 33.5 Å². The van der Waals surface area contributed by atoms with E-state index < -0.39 is 0 Å². The lowest BCUT2D eigenvalue weighted by Gasteiger charge is -2.13. The van der Waals surface area contributed by atoms with E-state index in [0.29, 0.717) is 27.4 Å². The first-order valence-electron chi connectivity index (χ1n) is 9.00. The number of fused-ring (bicyclic) bond motifs is 2. The molecule has 0 saturated carbocycles. The number of carbonyl (C=O) groups excluding carboxylic acids is 1. The van der Waals surface area contributed by atoms with Crippen molar-refractivity contribution in [3.05, 3.63) is 74.5 Å². The number of aromatic nitrogens is 3. The second-order valence-electron chi connectivity index (χ2n) is 6.68. The van der Waals surface area contributed by atoms with Crippen LogP contribution in [0.2, 0.25) is 0 Å². The van der Waals surface area contributed by atoms with Crippen molar-refractivity contribution < 1.29 is 4.79 Å². The minimum absolute atomic E-state index is 0.149. The predicted molar refractivity (Wildman–Crippen MR) is 110 cm³/mol. The number of nitrogens with zero attached hydrogens (tertiary/aromatic N) is 4. The molecule has 138 valence electrons. The van der Waals surface area contributed by atoms with Crippen molar-refractivity contribution in [2.45, 2.75) is 13.8 Å². The number of anilines is 1. The molecule has 1 aliphatic rings. The maximum Gasteiger partial charge on any atom is 0.291 e. The number of thiazole rings is 1. The summed E-state index contributed by atoms with van der Waals surface area (Å²) in [6.45, 7) is 4.47. The van der Waals surface area contributed by atoms with Crippen molar-refractivity contribution in [1.29, 1.82) is 0 Å². The summed E-state index contributed by atoms with van der Waals surface area (Å²) < 4.78 is 1.69. The Morgan fingerprint density at radius 1 is 1.07 bits per heavy atom. The van der Waals surface area contributed by atoms with Crippen LogP contribution >= 0.6 is 11.3 Å². The summed E-state index contributed by atoms with van der Waals surface area (Å²) in [6.07, 6.45) is 0. The van der Waals surface area contributed by atoms with Gasteiger partial charge in [-0.2, -0.15) is 9.50 Å². The van der Waals surface area contributed by atoms with Crippen molar-refractivity contribution in [2.75, 3.05) is 11.4 Å². The number of aryl methyl sites for hydroxylation is 1. The zero-order chi connectivity index (χ0) is 19.4. The molecule has 0 spiro atoms. The van der Waals surface area contributed by atoms with Crippen LogP contribution in [0.4, 0.5) is 5.69 Å². The van der Waals surface area contributed by atoms with E-state index in [9.17, 15) is 9.59 Å². The maximum atomic E-state index is 13.1. The predicted octanol–water partition coefficient (Wildman–Crippen LogP) is 2.41. The van der Waals surface area contributed by atoms with Crippen LogP contribution in [0.3, 0.4) is 0 Å². The number of rotatable bonds is 2. The van der Waals surface area contributed by atoms with Crippen molar-refractivity contribution in [1.82, 2.24) is 14.6 Å². The Balaban J connectivity index is 1.75. The molecule has 5 rings (SSSR count). The average molecular weight is 388 g/mol. The molecular formula is C21H16N4O2S. The van der Waals surface area contributed by atoms with Crippen LogP contribution in [-0.2, 0) is 4.79 Å². The van der Waals surface area contributed by atoms with Crippen LogP contribution in [0.25, 0.3) is 21.9 Å². The first-order chi connectivity index (χ1) is 13.6. The summed E-state index contributed by atoms with van der Waals surface area (Å²) in [6, 6.07) is 15.4. The largest absolute Gasteiger partial charge is 0.308 e. The van der Waals surface area contributed by atoms with Gasteiger partial charge in [-0.05, 0) is 26.0 Å². The molecule has 7 heteroatoms. The van der Waals surface area contributed by atoms with Crippen LogP contribution in [0.15, 0.2) is 53.3 Å². The van der Waals surface area contributed by atoms with Gasteiger partial charge < -0.3 is 4.90 Å². The third-order valence-corrected chi connectivity index (χ3v) is 5.93. The van der Waals surface area contributed by atoms with E-state index >= 15 is 0 Å². The van der Waals surface area contributed by atoms with E-state index in [-0.39, 0.29) is 11.5 Å². The molecule has 0 unspecified atom stereocenters. The highest BCUT2D eigenvalue weighted by Gasteiger charge is 2.33. The second-order valence-corrected chi connectivity index (χ2v) is 7.65. The Kier molecular flexibility index (Phi) is 3.67. The van der Waals surface area contributed by atoms with Gasteiger partial charge in [-0.25, -0.2) is 0 Å². The highest BCUT2D eigenvalue weighted by Crippen LogP contribution is 2.34. The molecule has 3 heterocycles. The van der Waals surface area contributed by atoms with Gasteiger partial charge in [0, 0.05) is 17.7 Å². The molecule has 1 aliphatic heterocycles. The number of para-hydroxylation sites is 1. The zero-order valence-corrected chi connectivity index (χ0v) is 16.2. The Labute approximate surface area is 164 Å². The molecule has 0 bridgehead atoms. The van der Waals surface area contributed by atoms with Gasteiger partial charge in [0.15, 0.2) is 5.82 Å². The van der Waals surface area contributed by atoms with E-state index in [4.69, 9.17) is 0 Å². The molecule has 0 saturated heterocycles. The van der Waals surface area contributed by atoms with Gasteiger partial charge in [-0.1, -0.05) is 53.3 Å². The third kappa shape index (κ3) is 2.33. The monoisotopic (exact) mass is 388 g/mol. The molecule has 0 N–H and O–H groups in total. The molecule has 28 heavy (non-hydrogen) atoms. The molecule has 0 radical (unpaired) electrons. The third-order valence-electron chi connectivity index (χ3n) is 4.90. The number of carbonyl (C=O) groups is 1. The van der Waals surface area contributed by atoms with Crippen LogP contribution in [-0.4, -0.2) is 27.0 Å². The first kappa shape index (κ1) is 16.8. The zero-order valence-electron chi connectivity index (χ0n) is 15.3. The Hall–Kier alpha value is -3.32. The molecule has 6 nitrogen and oxygen atoms in total. The van der Waals surface area contributed by atoms with E-state index in [1.165, 1.54) is 15.9 Å². The summed E-state index contributed by atoms with van der Waals surface area (Å²) >= 11 is 1.21. The Morgan fingerprint density at radius 3 is 2.64 bits per heavy atom. The van der Waals surface area contributed by atoms with E-state index in [0.717, 1.165) is 22.4 Å². The van der Waals surface area contributed by atoms with E-state index in [1.807, 2.05) is 62.4 Å². The Morgan fingerprint density at radius 2 is 1.89 bits per heavy atom. The quantitative estimate of drug-likeness (QED) is 0.529. The van der Waals surface area contributed by atoms with Gasteiger partial charge in [-0.3, -0.25) is 9.59 Å². The lowest BCUT2D eigenvalue weighted by Crippen LogP contribution is -2.32. The summed E-state index contributed by atoms with van der Waals surface area (Å²) in [5.41, 5.74) is 3.73. The number of likely N-dealkylation sites (N-methyl/N-ethyl adjacent to an activating group) is 1. The van der Waals surface area contributed by atoms with Gasteiger partial charge in [0.25, 0.3) is 11.5 Å². The molecular weight excluding hydrogens is 372 g/mol. The molecule has 0 aliphatic carbocycles. The van der Waals surface area contributed by atoms with Crippen LogP contribution < -0.4 is 15.0 Å². The number of hydrogen-bond donors (Lipinski definition) is 0. The maximum absolute atomic E-state index is 13.1. The molecule has 2 aromatic carbocycles. The van der Waals surface area contributed by atoms with E-state index in [2.05, 4.69) is 10.1 Å². The van der Waals surface area contributed by atoms with Crippen molar-refractivity contribution in [2.24, 2.45) is 0 Å². The van der Waals surface area contributed by atoms with Crippen LogP contribution in [0.5, 0.6) is 0 Å². The van der Waals surface area contributed by atoms with Gasteiger partial charge in [-0.15, -0.1) is 5.10 Å². The standard InChI is InChI=1S/C21H16N4O2S/c1-3-24-15-10-5-4-9-14(15)16(19(24)26)17-20(27)25-21(28-17)22-18(23-25)13-8-6-7-12(2)11-13/h4-11H,3H2,1-2H3/b17-16+. The highest BCUT2D eigenvalue weighted by molar-refractivity contribution is 7.15. The smallest absolute Gasteiger partial charge is 0.291 e. The summed E-state index contributed by atoms with van der Waals surface area (Å²) in [5.74, 6) is 0.362. The molecule has 0 atom stereocenters. The normalized spacial score (nSPS) is 15.5. The molecule has 2 aromatic heterocycles. The second kappa shape index (κ2) is 6.10. The van der Waals surface area contributed by atoms with Crippen molar-refractivity contribution in [3.8, 4) is 11.4 Å². The first-order valence-corrected chi connectivity index (χ1v) is 9.82. The van der Waals surface area contributed by atoms with Gasteiger partial charge in [0.05, 0.1) is 11.3 Å². The number of hydrogen-bond acceptors (Lipinski definition) is 5. The minimum atomic E-state index is -0.303. The fourth-order valence-corrected chi connectivity index (χ4v) is 4.60. The Bertz CT molecular complexity index is 1370. The van der Waals surface area contributed by atoms with E-state index in [1.54, 1.807) is 4.90 Å². The summed E-state index contributed by atoms with van der Waals surface area (Å²) in [7, 11) is 0. The lowest BCUT2D eigenvalue weighted by atomic mass is 10.1. The van der Waals surface area contributed by atoms with Gasteiger partial charge >= 0.3 is 0 Å². The average Bonchev–Trinajstić information content (AvgIpc) is 3.32. The van der Waals surface area contributed by atoms with Crippen LogP contribution in [0, 0.1) is 6.92 Å².